The number of furan rings is 1. The van der Waals surface area contributed by atoms with E-state index < -0.39 is 0 Å². The monoisotopic (exact) mass is 190 g/mol. The maximum atomic E-state index is 5.56. The van der Waals surface area contributed by atoms with Gasteiger partial charge in [0.1, 0.15) is 5.76 Å². The lowest BCUT2D eigenvalue weighted by molar-refractivity contribution is 0.408. The van der Waals surface area contributed by atoms with Crippen LogP contribution in [0.3, 0.4) is 0 Å². The van der Waals surface area contributed by atoms with Crippen molar-refractivity contribution in [3.05, 3.63) is 29.5 Å². The van der Waals surface area contributed by atoms with Crippen molar-refractivity contribution in [1.29, 1.82) is 0 Å². The Kier molecular flexibility index (Phi) is 2.20. The first kappa shape index (κ1) is 9.13. The van der Waals surface area contributed by atoms with Gasteiger partial charge in [0, 0.05) is 5.39 Å². The van der Waals surface area contributed by atoms with Gasteiger partial charge in [-0.25, -0.2) is 0 Å². The van der Waals surface area contributed by atoms with Crippen LogP contribution < -0.4 is 4.74 Å². The molecule has 0 N–H and O–H groups in total. The molecule has 2 heteroatoms. The van der Waals surface area contributed by atoms with E-state index in [9.17, 15) is 0 Å². The molecule has 0 saturated carbocycles. The molecular weight excluding hydrogens is 176 g/mol. The summed E-state index contributed by atoms with van der Waals surface area (Å²) < 4.78 is 10.9. The van der Waals surface area contributed by atoms with Crippen molar-refractivity contribution in [3.8, 4) is 5.75 Å². The van der Waals surface area contributed by atoms with Crippen molar-refractivity contribution in [2.75, 3.05) is 7.11 Å². The number of methoxy groups -OCH3 is 1. The Bertz CT molecular complexity index is 455. The molecule has 14 heavy (non-hydrogen) atoms. The zero-order chi connectivity index (χ0) is 10.1. The molecular formula is C12H14O2. The van der Waals surface area contributed by atoms with Gasteiger partial charge in [-0.3, -0.25) is 0 Å². The first-order valence-electron chi connectivity index (χ1n) is 4.81. The van der Waals surface area contributed by atoms with Crippen molar-refractivity contribution < 1.29 is 9.15 Å². The third kappa shape index (κ3) is 1.37. The van der Waals surface area contributed by atoms with Gasteiger partial charge in [-0.2, -0.15) is 0 Å². The predicted molar refractivity (Wildman–Crippen MR) is 56.9 cm³/mol. The van der Waals surface area contributed by atoms with Crippen molar-refractivity contribution in [1.82, 2.24) is 0 Å². The second-order valence-corrected chi connectivity index (χ2v) is 3.43. The Morgan fingerprint density at radius 1 is 1.29 bits per heavy atom. The highest BCUT2D eigenvalue weighted by atomic mass is 16.5. The summed E-state index contributed by atoms with van der Waals surface area (Å²) in [5.41, 5.74) is 2.12. The Balaban J connectivity index is 2.72. The van der Waals surface area contributed by atoms with Gasteiger partial charge >= 0.3 is 0 Å². The zero-order valence-electron chi connectivity index (χ0n) is 8.76. The first-order chi connectivity index (χ1) is 6.74. The van der Waals surface area contributed by atoms with E-state index in [-0.39, 0.29) is 0 Å². The summed E-state index contributed by atoms with van der Waals surface area (Å²) in [5, 5.41) is 1.12. The Labute approximate surface area is 83.5 Å². The van der Waals surface area contributed by atoms with E-state index in [1.807, 2.05) is 19.1 Å². The number of aryl methyl sites for hydroxylation is 2. The molecule has 0 amide bonds. The molecule has 0 saturated heterocycles. The lowest BCUT2D eigenvalue weighted by Gasteiger charge is -2.03. The van der Waals surface area contributed by atoms with Gasteiger partial charge in [0.15, 0.2) is 11.3 Å². The fraction of sp³-hybridized carbons (Fsp3) is 0.333. The predicted octanol–water partition coefficient (Wildman–Crippen LogP) is 3.31. The van der Waals surface area contributed by atoms with Crippen LogP contribution in [0.1, 0.15) is 18.2 Å². The molecule has 0 radical (unpaired) electrons. The highest BCUT2D eigenvalue weighted by Crippen LogP contribution is 2.30. The molecule has 0 aliphatic rings. The Morgan fingerprint density at radius 3 is 2.71 bits per heavy atom. The van der Waals surface area contributed by atoms with Crippen LogP contribution >= 0.6 is 0 Å². The summed E-state index contributed by atoms with van der Waals surface area (Å²) in [6.45, 7) is 4.08. The second-order valence-electron chi connectivity index (χ2n) is 3.43. The lowest BCUT2D eigenvalue weighted by atomic mass is 10.1. The summed E-state index contributed by atoms with van der Waals surface area (Å²) >= 11 is 0. The minimum Gasteiger partial charge on any atom is -0.493 e. The molecule has 1 aromatic heterocycles. The number of benzene rings is 1. The van der Waals surface area contributed by atoms with Crippen LogP contribution in [0, 0.1) is 6.92 Å². The molecule has 0 spiro atoms. The van der Waals surface area contributed by atoms with Gasteiger partial charge in [-0.05, 0) is 37.1 Å². The number of ether oxygens (including phenoxy) is 1. The molecule has 0 fully saturated rings. The van der Waals surface area contributed by atoms with Gasteiger partial charge in [0.05, 0.1) is 7.11 Å². The second kappa shape index (κ2) is 3.37. The summed E-state index contributed by atoms with van der Waals surface area (Å²) in [5.74, 6) is 1.75. The number of hydrogen-bond donors (Lipinski definition) is 0. The minimum absolute atomic E-state index is 0.826. The molecule has 0 bridgehead atoms. The van der Waals surface area contributed by atoms with Crippen LogP contribution in [-0.4, -0.2) is 7.11 Å². The quantitative estimate of drug-likeness (QED) is 0.724. The smallest absolute Gasteiger partial charge is 0.176 e. The van der Waals surface area contributed by atoms with Gasteiger partial charge in [0.25, 0.3) is 0 Å². The van der Waals surface area contributed by atoms with Crippen LogP contribution in [0.4, 0.5) is 0 Å². The van der Waals surface area contributed by atoms with Crippen molar-refractivity contribution >= 4 is 11.0 Å². The minimum atomic E-state index is 0.826. The van der Waals surface area contributed by atoms with E-state index in [0.717, 1.165) is 28.9 Å². The van der Waals surface area contributed by atoms with Gasteiger partial charge < -0.3 is 9.15 Å². The highest BCUT2D eigenvalue weighted by molar-refractivity contribution is 5.84. The molecule has 1 aromatic carbocycles. The van der Waals surface area contributed by atoms with Crippen LogP contribution in [0.5, 0.6) is 5.75 Å². The molecule has 2 rings (SSSR count). The zero-order valence-corrected chi connectivity index (χ0v) is 8.76. The lowest BCUT2D eigenvalue weighted by Crippen LogP contribution is -1.86. The topological polar surface area (TPSA) is 22.4 Å². The van der Waals surface area contributed by atoms with Crippen molar-refractivity contribution in [2.45, 2.75) is 20.3 Å². The average molecular weight is 190 g/mol. The first-order valence-corrected chi connectivity index (χ1v) is 4.81. The standard InChI is InChI=1S/C12H14O2/c1-4-9-6-10-5-8(2)14-12(10)11(7-9)13-3/h5-7H,4H2,1-3H3. The average Bonchev–Trinajstić information content (AvgIpc) is 2.56. The van der Waals surface area contributed by atoms with Gasteiger partial charge in [-0.15, -0.1) is 0 Å². The normalized spacial score (nSPS) is 10.8. The van der Waals surface area contributed by atoms with Crippen LogP contribution in [0.2, 0.25) is 0 Å². The number of rotatable bonds is 2. The molecule has 2 nitrogen and oxygen atoms in total. The largest absolute Gasteiger partial charge is 0.493 e. The SMILES string of the molecule is CCc1cc(OC)c2oc(C)cc2c1. The fourth-order valence-electron chi connectivity index (χ4n) is 1.66. The molecule has 2 aromatic rings. The number of fused-ring (bicyclic) bond motifs is 1. The van der Waals surface area contributed by atoms with Crippen LogP contribution in [-0.2, 0) is 6.42 Å². The Morgan fingerprint density at radius 2 is 2.07 bits per heavy atom. The Hall–Kier alpha value is -1.44. The highest BCUT2D eigenvalue weighted by Gasteiger charge is 2.08. The van der Waals surface area contributed by atoms with E-state index in [1.165, 1.54) is 5.56 Å². The van der Waals surface area contributed by atoms with E-state index in [4.69, 9.17) is 9.15 Å². The van der Waals surface area contributed by atoms with Crippen LogP contribution in [0.15, 0.2) is 22.6 Å². The van der Waals surface area contributed by atoms with Crippen molar-refractivity contribution in [2.24, 2.45) is 0 Å². The third-order valence-electron chi connectivity index (χ3n) is 2.39. The van der Waals surface area contributed by atoms with Crippen LogP contribution in [0.25, 0.3) is 11.0 Å². The van der Waals surface area contributed by atoms with Gasteiger partial charge in [0.2, 0.25) is 0 Å². The van der Waals surface area contributed by atoms with Crippen molar-refractivity contribution in [3.63, 3.8) is 0 Å². The van der Waals surface area contributed by atoms with Gasteiger partial charge in [-0.1, -0.05) is 6.92 Å². The summed E-state index contributed by atoms with van der Waals surface area (Å²) in [6, 6.07) is 6.22. The molecule has 0 atom stereocenters. The molecule has 0 aliphatic heterocycles. The molecule has 0 unspecified atom stereocenters. The summed E-state index contributed by atoms with van der Waals surface area (Å²) in [4.78, 5) is 0. The fourth-order valence-corrected chi connectivity index (χ4v) is 1.66. The molecule has 1 heterocycles. The molecule has 74 valence electrons. The van der Waals surface area contributed by atoms with E-state index >= 15 is 0 Å². The summed E-state index contributed by atoms with van der Waals surface area (Å²) in [7, 11) is 1.67. The van der Waals surface area contributed by atoms with E-state index in [1.54, 1.807) is 7.11 Å². The number of hydrogen-bond acceptors (Lipinski definition) is 2. The van der Waals surface area contributed by atoms with E-state index in [0.29, 0.717) is 0 Å². The summed E-state index contributed by atoms with van der Waals surface area (Å²) in [6.07, 6.45) is 1.01. The molecule has 0 aliphatic carbocycles. The maximum Gasteiger partial charge on any atom is 0.176 e. The maximum absolute atomic E-state index is 5.56. The third-order valence-corrected chi connectivity index (χ3v) is 2.39. The van der Waals surface area contributed by atoms with E-state index in [2.05, 4.69) is 13.0 Å².